The molecule has 1 aromatic heterocycles. The van der Waals surface area contributed by atoms with E-state index in [4.69, 9.17) is 0 Å². The summed E-state index contributed by atoms with van der Waals surface area (Å²) < 4.78 is 0. The molecular formula is C13H22N4O. The quantitative estimate of drug-likeness (QED) is 0.746. The number of nitrogens with one attached hydrogen (secondary N) is 3. The van der Waals surface area contributed by atoms with Crippen molar-refractivity contribution >= 4 is 11.7 Å². The Bertz CT molecular complexity index is 407. The van der Waals surface area contributed by atoms with Gasteiger partial charge in [-0.05, 0) is 32.2 Å². The van der Waals surface area contributed by atoms with Crippen LogP contribution in [0.2, 0.25) is 0 Å². The van der Waals surface area contributed by atoms with Crippen LogP contribution in [0.3, 0.4) is 0 Å². The Kier molecular flexibility index (Phi) is 4.01. The number of carbonyl (C=O) groups excluding carboxylic acids is 1. The smallest absolute Gasteiger partial charge is 0.245 e. The molecule has 0 bridgehead atoms. The summed E-state index contributed by atoms with van der Waals surface area (Å²) >= 11 is 0. The van der Waals surface area contributed by atoms with E-state index in [0.717, 1.165) is 44.3 Å². The molecule has 1 unspecified atom stereocenters. The first-order chi connectivity index (χ1) is 8.70. The predicted molar refractivity (Wildman–Crippen MR) is 71.5 cm³/mol. The molecule has 0 spiro atoms. The Hall–Kier alpha value is -1.36. The minimum absolute atomic E-state index is 0.0389. The van der Waals surface area contributed by atoms with Crippen LogP contribution in [0.5, 0.6) is 0 Å². The van der Waals surface area contributed by atoms with Gasteiger partial charge in [0, 0.05) is 11.8 Å². The number of aromatic nitrogens is 2. The second-order valence-corrected chi connectivity index (χ2v) is 4.95. The van der Waals surface area contributed by atoms with Gasteiger partial charge in [-0.25, -0.2) is 0 Å². The van der Waals surface area contributed by atoms with E-state index in [1.807, 2.05) is 13.0 Å². The van der Waals surface area contributed by atoms with Crippen LogP contribution in [0, 0.1) is 0 Å². The Balaban J connectivity index is 2.01. The van der Waals surface area contributed by atoms with E-state index in [-0.39, 0.29) is 5.91 Å². The third-order valence-electron chi connectivity index (χ3n) is 3.67. The van der Waals surface area contributed by atoms with E-state index in [2.05, 4.69) is 27.8 Å². The molecule has 2 rings (SSSR count). The zero-order valence-corrected chi connectivity index (χ0v) is 11.2. The topological polar surface area (TPSA) is 69.8 Å². The van der Waals surface area contributed by atoms with Crippen molar-refractivity contribution in [2.75, 3.05) is 11.9 Å². The second-order valence-electron chi connectivity index (χ2n) is 4.95. The largest absolute Gasteiger partial charge is 0.308 e. The van der Waals surface area contributed by atoms with Crippen LogP contribution in [0.4, 0.5) is 5.82 Å². The molecule has 0 aliphatic carbocycles. The van der Waals surface area contributed by atoms with Crippen LogP contribution in [-0.2, 0) is 11.2 Å². The van der Waals surface area contributed by atoms with E-state index >= 15 is 0 Å². The summed E-state index contributed by atoms with van der Waals surface area (Å²) in [6.45, 7) is 5.08. The SMILES string of the molecule is CCCc1cc(NC(=O)C2(CC)CCCN2)n[nH]1. The van der Waals surface area contributed by atoms with E-state index < -0.39 is 5.54 Å². The van der Waals surface area contributed by atoms with E-state index in [1.165, 1.54) is 0 Å². The number of nitrogens with zero attached hydrogens (tertiary/aromatic N) is 1. The van der Waals surface area contributed by atoms with Crippen LogP contribution in [-0.4, -0.2) is 28.2 Å². The van der Waals surface area contributed by atoms with E-state index in [0.29, 0.717) is 5.82 Å². The molecule has 0 aromatic carbocycles. The van der Waals surface area contributed by atoms with Gasteiger partial charge in [-0.3, -0.25) is 9.89 Å². The van der Waals surface area contributed by atoms with Gasteiger partial charge in [0.1, 0.15) is 0 Å². The molecule has 3 N–H and O–H groups in total. The Labute approximate surface area is 108 Å². The van der Waals surface area contributed by atoms with Gasteiger partial charge in [-0.15, -0.1) is 0 Å². The number of amides is 1. The van der Waals surface area contributed by atoms with Crippen LogP contribution in [0.15, 0.2) is 6.07 Å². The molecule has 1 aliphatic heterocycles. The van der Waals surface area contributed by atoms with Crippen molar-refractivity contribution in [1.82, 2.24) is 15.5 Å². The molecule has 1 atom stereocenters. The van der Waals surface area contributed by atoms with Crippen molar-refractivity contribution in [3.8, 4) is 0 Å². The summed E-state index contributed by atoms with van der Waals surface area (Å²) in [4.78, 5) is 12.3. The van der Waals surface area contributed by atoms with Gasteiger partial charge in [-0.2, -0.15) is 5.10 Å². The van der Waals surface area contributed by atoms with Gasteiger partial charge in [0.2, 0.25) is 5.91 Å². The Morgan fingerprint density at radius 3 is 3.00 bits per heavy atom. The molecule has 0 radical (unpaired) electrons. The van der Waals surface area contributed by atoms with Crippen molar-refractivity contribution in [2.24, 2.45) is 0 Å². The maximum Gasteiger partial charge on any atom is 0.245 e. The number of hydrogen-bond acceptors (Lipinski definition) is 3. The number of aryl methyl sites for hydroxylation is 1. The zero-order valence-electron chi connectivity index (χ0n) is 11.2. The van der Waals surface area contributed by atoms with Crippen LogP contribution >= 0.6 is 0 Å². The van der Waals surface area contributed by atoms with Crippen molar-refractivity contribution in [3.63, 3.8) is 0 Å². The molecular weight excluding hydrogens is 228 g/mol. The fraction of sp³-hybridized carbons (Fsp3) is 0.692. The lowest BCUT2D eigenvalue weighted by atomic mass is 9.93. The lowest BCUT2D eigenvalue weighted by Gasteiger charge is -2.25. The van der Waals surface area contributed by atoms with Gasteiger partial charge in [0.25, 0.3) is 0 Å². The zero-order chi connectivity index (χ0) is 13.0. The number of rotatable bonds is 5. The molecule has 100 valence electrons. The highest BCUT2D eigenvalue weighted by Crippen LogP contribution is 2.24. The minimum atomic E-state index is -0.399. The highest BCUT2D eigenvalue weighted by Gasteiger charge is 2.39. The summed E-state index contributed by atoms with van der Waals surface area (Å²) in [7, 11) is 0. The van der Waals surface area contributed by atoms with Crippen LogP contribution in [0.1, 0.15) is 45.2 Å². The summed E-state index contributed by atoms with van der Waals surface area (Å²) in [5.41, 5.74) is 0.668. The Morgan fingerprint density at radius 1 is 1.56 bits per heavy atom. The van der Waals surface area contributed by atoms with Gasteiger partial charge in [-0.1, -0.05) is 20.3 Å². The average molecular weight is 250 g/mol. The van der Waals surface area contributed by atoms with Gasteiger partial charge >= 0.3 is 0 Å². The molecule has 2 heterocycles. The van der Waals surface area contributed by atoms with Crippen molar-refractivity contribution in [1.29, 1.82) is 0 Å². The molecule has 1 saturated heterocycles. The van der Waals surface area contributed by atoms with Crippen LogP contribution in [0.25, 0.3) is 0 Å². The predicted octanol–water partition coefficient (Wildman–Crippen LogP) is 1.83. The first kappa shape index (κ1) is 13.1. The van der Waals surface area contributed by atoms with Gasteiger partial charge < -0.3 is 10.6 Å². The molecule has 0 saturated carbocycles. The standard InChI is InChI=1S/C13H22N4O/c1-3-6-10-9-11(17-16-10)15-12(18)13(4-2)7-5-8-14-13/h9,14H,3-8H2,1-2H3,(H2,15,16,17,18). The summed E-state index contributed by atoms with van der Waals surface area (Å²) in [6.07, 6.45) is 4.80. The molecule has 1 aliphatic rings. The monoisotopic (exact) mass is 250 g/mol. The number of carbonyl (C=O) groups is 1. The highest BCUT2D eigenvalue weighted by atomic mass is 16.2. The van der Waals surface area contributed by atoms with Crippen molar-refractivity contribution in [3.05, 3.63) is 11.8 Å². The first-order valence-electron chi connectivity index (χ1n) is 6.81. The normalized spacial score (nSPS) is 23.2. The highest BCUT2D eigenvalue weighted by molar-refractivity contribution is 5.97. The van der Waals surface area contributed by atoms with Crippen molar-refractivity contribution < 1.29 is 4.79 Å². The third-order valence-corrected chi connectivity index (χ3v) is 3.67. The van der Waals surface area contributed by atoms with Gasteiger partial charge in [0.05, 0.1) is 5.54 Å². The first-order valence-corrected chi connectivity index (χ1v) is 6.81. The van der Waals surface area contributed by atoms with Crippen LogP contribution < -0.4 is 10.6 Å². The lowest BCUT2D eigenvalue weighted by Crippen LogP contribution is -2.50. The number of aromatic amines is 1. The second kappa shape index (κ2) is 5.52. The van der Waals surface area contributed by atoms with Crippen molar-refractivity contribution in [2.45, 2.75) is 51.5 Å². The maximum atomic E-state index is 12.3. The number of H-pyrrole nitrogens is 1. The Morgan fingerprint density at radius 2 is 2.39 bits per heavy atom. The minimum Gasteiger partial charge on any atom is -0.308 e. The van der Waals surface area contributed by atoms with E-state index in [1.54, 1.807) is 0 Å². The molecule has 5 heteroatoms. The van der Waals surface area contributed by atoms with E-state index in [9.17, 15) is 4.79 Å². The molecule has 5 nitrogen and oxygen atoms in total. The lowest BCUT2D eigenvalue weighted by molar-refractivity contribution is -0.122. The summed E-state index contributed by atoms with van der Waals surface area (Å²) in [5.74, 6) is 0.669. The number of hydrogen-bond donors (Lipinski definition) is 3. The molecule has 18 heavy (non-hydrogen) atoms. The average Bonchev–Trinajstić information content (AvgIpc) is 2.99. The summed E-state index contributed by atoms with van der Waals surface area (Å²) in [6, 6.07) is 1.92. The molecule has 1 aromatic rings. The third kappa shape index (κ3) is 2.56. The number of anilines is 1. The molecule has 1 fully saturated rings. The fourth-order valence-corrected chi connectivity index (χ4v) is 2.52. The molecule has 1 amide bonds. The maximum absolute atomic E-state index is 12.3. The fourth-order valence-electron chi connectivity index (χ4n) is 2.52. The van der Waals surface area contributed by atoms with Gasteiger partial charge in [0.15, 0.2) is 5.82 Å². The summed E-state index contributed by atoms with van der Waals surface area (Å²) in [5, 5.41) is 13.3.